The number of alkyl halides is 3. The largest absolute Gasteiger partial charge is 0.417 e. The van der Waals surface area contributed by atoms with Crippen LogP contribution in [0.2, 0.25) is 0 Å². The summed E-state index contributed by atoms with van der Waals surface area (Å²) in [4.78, 5) is 3.36. The molecular weight excluding hydrogens is 391 g/mol. The normalized spacial score (nSPS) is 12.3. The Morgan fingerprint density at radius 3 is 2.46 bits per heavy atom. The minimum Gasteiger partial charge on any atom is -0.331 e. The molecule has 3 rings (SSSR count). The van der Waals surface area contributed by atoms with E-state index in [0.717, 1.165) is 29.6 Å². The molecule has 148 valence electrons. The third-order valence-corrected chi connectivity index (χ3v) is 5.68. The van der Waals surface area contributed by atoms with Gasteiger partial charge in [0.1, 0.15) is 5.82 Å². The molecule has 1 aromatic heterocycles. The molecule has 0 fully saturated rings. The van der Waals surface area contributed by atoms with Crippen molar-refractivity contribution in [2.24, 2.45) is 0 Å². The highest BCUT2D eigenvalue weighted by Crippen LogP contribution is 2.33. The first-order valence-electron chi connectivity index (χ1n) is 8.38. The summed E-state index contributed by atoms with van der Waals surface area (Å²) in [6.07, 6.45) is -1.24. The van der Waals surface area contributed by atoms with Crippen molar-refractivity contribution in [1.29, 1.82) is 0 Å². The first-order valence-corrected chi connectivity index (χ1v) is 9.86. The SMILES string of the molecule is Cc1nccn1Cc1cccc(CNS(=O)(=O)c2ccccc2C(F)(F)F)c1. The summed E-state index contributed by atoms with van der Waals surface area (Å²) in [7, 11) is -4.33. The van der Waals surface area contributed by atoms with Crippen molar-refractivity contribution in [2.45, 2.75) is 31.1 Å². The molecule has 0 aliphatic carbocycles. The number of hydrogen-bond donors (Lipinski definition) is 1. The number of hydrogen-bond acceptors (Lipinski definition) is 3. The van der Waals surface area contributed by atoms with Crippen molar-refractivity contribution >= 4 is 10.0 Å². The lowest BCUT2D eigenvalue weighted by Gasteiger charge is -2.14. The van der Waals surface area contributed by atoms with Gasteiger partial charge >= 0.3 is 6.18 Å². The molecule has 0 radical (unpaired) electrons. The number of aromatic nitrogens is 2. The van der Waals surface area contributed by atoms with Gasteiger partial charge in [0, 0.05) is 25.5 Å². The number of nitrogens with zero attached hydrogens (tertiary/aromatic N) is 2. The summed E-state index contributed by atoms with van der Waals surface area (Å²) in [5.74, 6) is 0.842. The van der Waals surface area contributed by atoms with Gasteiger partial charge in [0.25, 0.3) is 0 Å². The quantitative estimate of drug-likeness (QED) is 0.675. The molecule has 0 atom stereocenters. The summed E-state index contributed by atoms with van der Waals surface area (Å²) in [6.45, 7) is 2.31. The van der Waals surface area contributed by atoms with E-state index < -0.39 is 26.7 Å². The van der Waals surface area contributed by atoms with E-state index >= 15 is 0 Å². The predicted molar refractivity (Wildman–Crippen MR) is 98.0 cm³/mol. The van der Waals surface area contributed by atoms with Gasteiger partial charge in [-0.3, -0.25) is 0 Å². The molecule has 0 aliphatic rings. The van der Waals surface area contributed by atoms with E-state index in [2.05, 4.69) is 9.71 Å². The smallest absolute Gasteiger partial charge is 0.331 e. The van der Waals surface area contributed by atoms with E-state index in [4.69, 9.17) is 0 Å². The van der Waals surface area contributed by atoms with E-state index in [1.54, 1.807) is 24.4 Å². The number of benzene rings is 2. The van der Waals surface area contributed by atoms with Gasteiger partial charge in [-0.15, -0.1) is 0 Å². The monoisotopic (exact) mass is 409 g/mol. The van der Waals surface area contributed by atoms with Crippen LogP contribution in [-0.4, -0.2) is 18.0 Å². The number of rotatable bonds is 6. The van der Waals surface area contributed by atoms with E-state index in [9.17, 15) is 21.6 Å². The molecule has 0 aliphatic heterocycles. The second-order valence-electron chi connectivity index (χ2n) is 6.24. The van der Waals surface area contributed by atoms with Crippen molar-refractivity contribution in [1.82, 2.24) is 14.3 Å². The van der Waals surface area contributed by atoms with Crippen LogP contribution in [0.1, 0.15) is 22.5 Å². The summed E-state index contributed by atoms with van der Waals surface area (Å²) in [5.41, 5.74) is 0.378. The summed E-state index contributed by atoms with van der Waals surface area (Å²) in [5, 5.41) is 0. The van der Waals surface area contributed by atoms with Crippen LogP contribution in [0.5, 0.6) is 0 Å². The number of sulfonamides is 1. The first-order chi connectivity index (χ1) is 13.2. The molecule has 0 unspecified atom stereocenters. The zero-order valence-electron chi connectivity index (χ0n) is 14.9. The Labute approximate surface area is 160 Å². The maximum Gasteiger partial charge on any atom is 0.417 e. The van der Waals surface area contributed by atoms with E-state index in [1.165, 1.54) is 6.07 Å². The second kappa shape index (κ2) is 7.76. The maximum absolute atomic E-state index is 13.1. The fraction of sp³-hybridized carbons (Fsp3) is 0.211. The second-order valence-corrected chi connectivity index (χ2v) is 7.98. The Hall–Kier alpha value is -2.65. The van der Waals surface area contributed by atoms with Crippen LogP contribution >= 0.6 is 0 Å². The minimum absolute atomic E-state index is 0.120. The van der Waals surface area contributed by atoms with Crippen molar-refractivity contribution in [2.75, 3.05) is 0 Å². The highest BCUT2D eigenvalue weighted by atomic mass is 32.2. The van der Waals surface area contributed by atoms with Crippen LogP contribution in [0.3, 0.4) is 0 Å². The van der Waals surface area contributed by atoms with Crippen LogP contribution in [0.15, 0.2) is 65.8 Å². The Bertz CT molecular complexity index is 1080. The average molecular weight is 409 g/mol. The van der Waals surface area contributed by atoms with Crippen molar-refractivity contribution in [3.05, 3.63) is 83.4 Å². The van der Waals surface area contributed by atoms with E-state index in [-0.39, 0.29) is 6.54 Å². The van der Waals surface area contributed by atoms with Crippen LogP contribution in [-0.2, 0) is 29.3 Å². The average Bonchev–Trinajstić information content (AvgIpc) is 3.04. The Morgan fingerprint density at radius 1 is 1.07 bits per heavy atom. The molecule has 0 amide bonds. The number of imidazole rings is 1. The third-order valence-electron chi connectivity index (χ3n) is 4.22. The fourth-order valence-electron chi connectivity index (χ4n) is 2.80. The number of halogens is 3. The summed E-state index contributed by atoms with van der Waals surface area (Å²) in [6, 6.07) is 11.3. The van der Waals surface area contributed by atoms with Gasteiger partial charge in [0.2, 0.25) is 10.0 Å². The highest BCUT2D eigenvalue weighted by molar-refractivity contribution is 7.89. The van der Waals surface area contributed by atoms with Gasteiger partial charge in [0.15, 0.2) is 0 Å². The molecular formula is C19H18F3N3O2S. The molecule has 0 bridgehead atoms. The Morgan fingerprint density at radius 2 is 1.79 bits per heavy atom. The van der Waals surface area contributed by atoms with E-state index in [0.29, 0.717) is 12.1 Å². The summed E-state index contributed by atoms with van der Waals surface area (Å²) >= 11 is 0. The van der Waals surface area contributed by atoms with Gasteiger partial charge in [-0.05, 0) is 30.2 Å². The van der Waals surface area contributed by atoms with Crippen LogP contribution < -0.4 is 4.72 Å². The minimum atomic E-state index is -4.76. The zero-order valence-corrected chi connectivity index (χ0v) is 15.8. The first kappa shape index (κ1) is 20.1. The summed E-state index contributed by atoms with van der Waals surface area (Å²) < 4.78 is 68.4. The zero-order chi connectivity index (χ0) is 20.4. The van der Waals surface area contributed by atoms with Crippen molar-refractivity contribution < 1.29 is 21.6 Å². The van der Waals surface area contributed by atoms with Crippen molar-refractivity contribution in [3.8, 4) is 0 Å². The van der Waals surface area contributed by atoms with Crippen molar-refractivity contribution in [3.63, 3.8) is 0 Å². The lowest BCUT2D eigenvalue weighted by molar-refractivity contribution is -0.139. The molecule has 5 nitrogen and oxygen atoms in total. The Balaban J connectivity index is 1.77. The van der Waals surface area contributed by atoms with Gasteiger partial charge in [0.05, 0.1) is 10.5 Å². The molecule has 0 spiro atoms. The molecule has 1 heterocycles. The molecule has 9 heteroatoms. The lowest BCUT2D eigenvalue weighted by atomic mass is 10.1. The van der Waals surface area contributed by atoms with Gasteiger partial charge in [-0.1, -0.05) is 36.4 Å². The highest BCUT2D eigenvalue weighted by Gasteiger charge is 2.36. The predicted octanol–water partition coefficient (Wildman–Crippen LogP) is 3.74. The number of aryl methyl sites for hydroxylation is 1. The van der Waals surface area contributed by atoms with Gasteiger partial charge < -0.3 is 4.57 Å². The molecule has 0 saturated heterocycles. The molecule has 0 saturated carbocycles. The molecule has 3 aromatic rings. The van der Waals surface area contributed by atoms with Crippen LogP contribution in [0.4, 0.5) is 13.2 Å². The molecule has 28 heavy (non-hydrogen) atoms. The topological polar surface area (TPSA) is 64.0 Å². The maximum atomic E-state index is 13.1. The van der Waals surface area contributed by atoms with Gasteiger partial charge in [-0.25, -0.2) is 18.1 Å². The standard InChI is InChI=1S/C19H18F3N3O2S/c1-14-23-9-10-25(14)13-16-6-4-5-15(11-16)12-24-28(26,27)18-8-3-2-7-17(18)19(20,21)22/h2-11,24H,12-13H2,1H3. The van der Waals surface area contributed by atoms with Gasteiger partial charge in [-0.2, -0.15) is 13.2 Å². The fourth-order valence-corrected chi connectivity index (χ4v) is 4.04. The van der Waals surface area contributed by atoms with Crippen LogP contribution in [0.25, 0.3) is 0 Å². The van der Waals surface area contributed by atoms with Crippen LogP contribution in [0, 0.1) is 6.92 Å². The third kappa shape index (κ3) is 4.60. The number of nitrogens with one attached hydrogen (secondary N) is 1. The molecule has 2 aromatic carbocycles. The molecule has 1 N–H and O–H groups in total. The van der Waals surface area contributed by atoms with E-state index in [1.807, 2.05) is 23.8 Å². The lowest BCUT2D eigenvalue weighted by Crippen LogP contribution is -2.26. The Kier molecular flexibility index (Phi) is 5.57.